The quantitative estimate of drug-likeness (QED) is 0.849. The van der Waals surface area contributed by atoms with Crippen molar-refractivity contribution >= 4 is 5.91 Å². The summed E-state index contributed by atoms with van der Waals surface area (Å²) in [7, 11) is 0. The van der Waals surface area contributed by atoms with E-state index in [0.29, 0.717) is 11.8 Å². The van der Waals surface area contributed by atoms with Crippen LogP contribution < -0.4 is 0 Å². The third-order valence-corrected chi connectivity index (χ3v) is 7.07. The summed E-state index contributed by atoms with van der Waals surface area (Å²) in [5, 5.41) is 9.69. The Morgan fingerprint density at radius 1 is 1.22 bits per heavy atom. The molecule has 2 saturated carbocycles. The molecule has 0 aromatic heterocycles. The molecule has 0 bridgehead atoms. The predicted molar refractivity (Wildman–Crippen MR) is 99.8 cm³/mol. The highest BCUT2D eigenvalue weighted by molar-refractivity contribution is 5.81. The second-order valence-electron chi connectivity index (χ2n) is 9.47. The van der Waals surface area contributed by atoms with Crippen LogP contribution in [0.5, 0.6) is 0 Å². The first-order valence-electron chi connectivity index (χ1n) is 10.1. The van der Waals surface area contributed by atoms with Gasteiger partial charge < -0.3 is 10.0 Å². The van der Waals surface area contributed by atoms with Crippen LogP contribution in [-0.4, -0.2) is 41.0 Å². The molecular formula is C22H29F2NO2. The lowest BCUT2D eigenvalue weighted by Crippen LogP contribution is -2.62. The Labute approximate surface area is 159 Å². The van der Waals surface area contributed by atoms with Crippen molar-refractivity contribution in [3.8, 4) is 0 Å². The van der Waals surface area contributed by atoms with Crippen molar-refractivity contribution in [2.75, 3.05) is 13.1 Å². The molecular weight excluding hydrogens is 348 g/mol. The van der Waals surface area contributed by atoms with Crippen LogP contribution in [-0.2, 0) is 4.79 Å². The number of hydrogen-bond acceptors (Lipinski definition) is 2. The molecule has 5 heteroatoms. The minimum Gasteiger partial charge on any atom is -0.384 e. The third-order valence-electron chi connectivity index (χ3n) is 7.07. The zero-order valence-electron chi connectivity index (χ0n) is 16.1. The molecule has 3 fully saturated rings. The maximum absolute atomic E-state index is 12.7. The van der Waals surface area contributed by atoms with Crippen LogP contribution in [0.25, 0.3) is 0 Å². The maximum atomic E-state index is 12.7. The Morgan fingerprint density at radius 2 is 1.93 bits per heavy atom. The van der Waals surface area contributed by atoms with E-state index in [1.807, 2.05) is 4.90 Å². The SMILES string of the molecule is CC(C)c1cccc(C2CCC3(C2)CN(C(=O)[C@H]2C[C@](O)(C(F)F)C2)C3)c1. The highest BCUT2D eigenvalue weighted by Gasteiger charge is 2.56. The molecule has 4 rings (SSSR count). The molecule has 0 radical (unpaired) electrons. The summed E-state index contributed by atoms with van der Waals surface area (Å²) in [6.45, 7) is 5.91. The summed E-state index contributed by atoms with van der Waals surface area (Å²) in [5.41, 5.74) is 1.04. The Bertz CT molecular complexity index is 721. The van der Waals surface area contributed by atoms with Gasteiger partial charge in [0.25, 0.3) is 6.43 Å². The van der Waals surface area contributed by atoms with Crippen molar-refractivity contribution < 1.29 is 18.7 Å². The normalized spacial score (nSPS) is 32.0. The third kappa shape index (κ3) is 3.28. The zero-order valence-corrected chi connectivity index (χ0v) is 16.1. The lowest BCUT2D eigenvalue weighted by Gasteiger charge is -2.52. The molecule has 3 nitrogen and oxygen atoms in total. The van der Waals surface area contributed by atoms with Gasteiger partial charge in [0.1, 0.15) is 5.60 Å². The maximum Gasteiger partial charge on any atom is 0.266 e. The zero-order chi connectivity index (χ0) is 19.4. The lowest BCUT2D eigenvalue weighted by molar-refractivity contribution is -0.188. The van der Waals surface area contributed by atoms with E-state index in [2.05, 4.69) is 38.1 Å². The largest absolute Gasteiger partial charge is 0.384 e. The second kappa shape index (κ2) is 6.54. The van der Waals surface area contributed by atoms with Gasteiger partial charge in [-0.1, -0.05) is 38.1 Å². The van der Waals surface area contributed by atoms with Gasteiger partial charge in [-0.05, 0) is 55.1 Å². The number of benzene rings is 1. The van der Waals surface area contributed by atoms with Crippen molar-refractivity contribution in [3.63, 3.8) is 0 Å². The lowest BCUT2D eigenvalue weighted by atomic mass is 9.69. The smallest absolute Gasteiger partial charge is 0.266 e. The second-order valence-corrected chi connectivity index (χ2v) is 9.47. The number of carbonyl (C=O) groups is 1. The van der Waals surface area contributed by atoms with Crippen LogP contribution in [0.3, 0.4) is 0 Å². The van der Waals surface area contributed by atoms with E-state index in [1.54, 1.807) is 0 Å². The number of carbonyl (C=O) groups excluding carboxylic acids is 1. The van der Waals surface area contributed by atoms with Crippen LogP contribution in [0.4, 0.5) is 8.78 Å². The van der Waals surface area contributed by atoms with E-state index in [4.69, 9.17) is 0 Å². The number of likely N-dealkylation sites (tertiary alicyclic amines) is 1. The van der Waals surface area contributed by atoms with Crippen LogP contribution in [0, 0.1) is 11.3 Å². The molecule has 1 spiro atoms. The Balaban J connectivity index is 1.32. The highest BCUT2D eigenvalue weighted by atomic mass is 19.3. The number of alkyl halides is 2. The summed E-state index contributed by atoms with van der Waals surface area (Å²) in [6, 6.07) is 8.88. The number of rotatable bonds is 4. The number of halogens is 2. The van der Waals surface area contributed by atoms with Gasteiger partial charge in [0.2, 0.25) is 5.91 Å². The van der Waals surface area contributed by atoms with Gasteiger partial charge in [0.05, 0.1) is 0 Å². The van der Waals surface area contributed by atoms with Crippen LogP contribution >= 0.6 is 0 Å². The predicted octanol–water partition coefficient (Wildman–Crippen LogP) is 4.31. The number of amides is 1. The van der Waals surface area contributed by atoms with E-state index < -0.39 is 17.9 Å². The molecule has 3 aliphatic rings. The van der Waals surface area contributed by atoms with Gasteiger partial charge in [0, 0.05) is 24.4 Å². The minimum absolute atomic E-state index is 0.0452. The Morgan fingerprint density at radius 3 is 2.56 bits per heavy atom. The first-order chi connectivity index (χ1) is 12.7. The molecule has 1 saturated heterocycles. The molecule has 2 aliphatic carbocycles. The molecule has 1 N–H and O–H groups in total. The topological polar surface area (TPSA) is 40.5 Å². The van der Waals surface area contributed by atoms with Crippen molar-refractivity contribution in [1.82, 2.24) is 4.90 Å². The molecule has 1 aromatic rings. The van der Waals surface area contributed by atoms with Gasteiger partial charge in [-0.3, -0.25) is 4.79 Å². The van der Waals surface area contributed by atoms with E-state index in [9.17, 15) is 18.7 Å². The summed E-state index contributed by atoms with van der Waals surface area (Å²) < 4.78 is 25.5. The van der Waals surface area contributed by atoms with E-state index in [1.165, 1.54) is 11.1 Å². The van der Waals surface area contributed by atoms with Crippen molar-refractivity contribution in [3.05, 3.63) is 35.4 Å². The summed E-state index contributed by atoms with van der Waals surface area (Å²) in [6.07, 6.45) is 0.414. The van der Waals surface area contributed by atoms with Crippen molar-refractivity contribution in [2.24, 2.45) is 11.3 Å². The summed E-state index contributed by atoms with van der Waals surface area (Å²) >= 11 is 0. The fraction of sp³-hybridized carbons (Fsp3) is 0.682. The number of nitrogens with zero attached hydrogens (tertiary/aromatic N) is 1. The monoisotopic (exact) mass is 377 g/mol. The highest BCUT2D eigenvalue weighted by Crippen LogP contribution is 2.53. The molecule has 27 heavy (non-hydrogen) atoms. The fourth-order valence-corrected chi connectivity index (χ4v) is 5.27. The average molecular weight is 377 g/mol. The summed E-state index contributed by atoms with van der Waals surface area (Å²) in [4.78, 5) is 14.3. The van der Waals surface area contributed by atoms with Gasteiger partial charge >= 0.3 is 0 Å². The van der Waals surface area contributed by atoms with Crippen molar-refractivity contribution in [2.45, 2.75) is 69.8 Å². The van der Waals surface area contributed by atoms with Crippen LogP contribution in [0.15, 0.2) is 24.3 Å². The Hall–Kier alpha value is -1.49. The van der Waals surface area contributed by atoms with Gasteiger partial charge in [-0.25, -0.2) is 8.78 Å². The average Bonchev–Trinajstić information content (AvgIpc) is 3.02. The molecule has 1 atom stereocenters. The van der Waals surface area contributed by atoms with E-state index in [-0.39, 0.29) is 24.2 Å². The standard InChI is InChI=1S/C22H29F2NO2/c1-14(2)15-4-3-5-16(8-15)17-6-7-21(9-17)12-25(13-21)19(26)18-10-22(27,11-18)20(23)24/h3-5,8,14,17-18,20,27H,6-7,9-13H2,1-2H3/t17?,18-,22+. The molecule has 1 unspecified atom stereocenters. The molecule has 148 valence electrons. The summed E-state index contributed by atoms with van der Waals surface area (Å²) in [5.74, 6) is 0.595. The molecule has 1 aromatic carbocycles. The van der Waals surface area contributed by atoms with Gasteiger partial charge in [-0.15, -0.1) is 0 Å². The van der Waals surface area contributed by atoms with Crippen molar-refractivity contribution in [1.29, 1.82) is 0 Å². The fourth-order valence-electron chi connectivity index (χ4n) is 5.27. The molecule has 1 amide bonds. The molecule has 1 heterocycles. The van der Waals surface area contributed by atoms with E-state index in [0.717, 1.165) is 32.4 Å². The Kier molecular flexibility index (Phi) is 4.57. The number of aliphatic hydroxyl groups is 1. The van der Waals surface area contributed by atoms with Gasteiger partial charge in [-0.2, -0.15) is 0 Å². The first kappa shape index (κ1) is 18.9. The van der Waals surface area contributed by atoms with Crippen LogP contribution in [0.1, 0.15) is 68.9 Å². The molecule has 1 aliphatic heterocycles. The first-order valence-corrected chi connectivity index (χ1v) is 10.1. The van der Waals surface area contributed by atoms with E-state index >= 15 is 0 Å². The van der Waals surface area contributed by atoms with Gasteiger partial charge in [0.15, 0.2) is 0 Å². The number of hydrogen-bond donors (Lipinski definition) is 1. The van der Waals surface area contributed by atoms with Crippen LogP contribution in [0.2, 0.25) is 0 Å². The minimum atomic E-state index is -2.76.